The highest BCUT2D eigenvalue weighted by Gasteiger charge is 2.68. The van der Waals surface area contributed by atoms with Crippen LogP contribution in [0.1, 0.15) is 93.9 Å². The summed E-state index contributed by atoms with van der Waals surface area (Å²) < 4.78 is 31.6. The molecule has 2 heterocycles. The zero-order valence-corrected chi connectivity index (χ0v) is 31.1. The van der Waals surface area contributed by atoms with E-state index in [9.17, 15) is 28.5 Å². The number of rotatable bonds is 12. The maximum Gasteiger partial charge on any atom is 0.408 e. The zero-order chi connectivity index (χ0) is 35.9. The van der Waals surface area contributed by atoms with Gasteiger partial charge in [-0.25, -0.2) is 4.79 Å². The van der Waals surface area contributed by atoms with Crippen molar-refractivity contribution in [3.8, 4) is 0 Å². The van der Waals surface area contributed by atoms with Crippen LogP contribution in [0.25, 0.3) is 0 Å². The molecule has 49 heavy (non-hydrogen) atoms. The van der Waals surface area contributed by atoms with E-state index in [2.05, 4.69) is 33.1 Å². The van der Waals surface area contributed by atoms with Crippen molar-refractivity contribution in [1.29, 1.82) is 0 Å². The first-order valence-corrected chi connectivity index (χ1v) is 19.2. The first kappa shape index (κ1) is 37.2. The molecule has 2 unspecified atom stereocenters. The average molecular weight is 766 g/mol. The van der Waals surface area contributed by atoms with Gasteiger partial charge < -0.3 is 29.3 Å². The number of amides is 5. The summed E-state index contributed by atoms with van der Waals surface area (Å²) in [6, 6.07) is 1.60. The Kier molecular flexibility index (Phi) is 10.8. The van der Waals surface area contributed by atoms with Crippen molar-refractivity contribution < 1.29 is 42.3 Å². The number of hydrogen-bond acceptors (Lipinski definition) is 9. The molecule has 5 rings (SSSR count). The minimum atomic E-state index is -3.90. The monoisotopic (exact) mass is 764 g/mol. The number of alkyl carbamates (subject to hydrolysis) is 1. The van der Waals surface area contributed by atoms with Crippen LogP contribution >= 0.6 is 23.5 Å². The topological polar surface area (TPSA) is 161 Å². The van der Waals surface area contributed by atoms with Crippen LogP contribution in [-0.2, 0) is 27.9 Å². The third kappa shape index (κ3) is 7.11. The number of nitrogens with one attached hydrogen (secondary N) is 2. The molecule has 0 radical (unpaired) electrons. The van der Waals surface area contributed by atoms with Gasteiger partial charge in [0.1, 0.15) is 23.5 Å². The minimum Gasteiger partial charge on any atom is -0.446 e. The lowest BCUT2D eigenvalue weighted by Crippen LogP contribution is -2.58. The Morgan fingerprint density at radius 2 is 1.73 bits per heavy atom. The molecule has 2 saturated carbocycles. The molecule has 1 saturated heterocycles. The summed E-state index contributed by atoms with van der Waals surface area (Å²) in [5.74, 6) is -2.72. The third-order valence-corrected chi connectivity index (χ3v) is 13.0. The molecule has 2 aliphatic heterocycles. The fraction of sp³-hybridized carbons (Fsp3) is 0.618. The molecule has 0 bridgehead atoms. The van der Waals surface area contributed by atoms with Crippen molar-refractivity contribution in [2.24, 2.45) is 11.3 Å². The van der Waals surface area contributed by atoms with Gasteiger partial charge in [0.05, 0.1) is 30.4 Å². The molecule has 0 spiro atoms. The van der Waals surface area contributed by atoms with Crippen LogP contribution in [0.5, 0.6) is 0 Å². The summed E-state index contributed by atoms with van der Waals surface area (Å²) in [6.45, 7) is 12.5. The van der Waals surface area contributed by atoms with E-state index >= 15 is 0 Å². The normalized spacial score (nSPS) is 26.0. The van der Waals surface area contributed by atoms with Crippen LogP contribution in [0, 0.1) is 11.3 Å². The molecule has 5 atom stereocenters. The van der Waals surface area contributed by atoms with Crippen LogP contribution in [0.2, 0.25) is 0 Å². The molecule has 2 N–H and O–H groups in total. The van der Waals surface area contributed by atoms with E-state index < -0.39 is 72.1 Å². The maximum absolute atomic E-state index is 14.5. The van der Waals surface area contributed by atoms with Crippen LogP contribution in [0.15, 0.2) is 35.3 Å². The van der Waals surface area contributed by atoms with Gasteiger partial charge in [0.25, 0.3) is 11.8 Å². The molecule has 0 aromatic heterocycles. The van der Waals surface area contributed by atoms with E-state index in [1.807, 2.05) is 0 Å². The summed E-state index contributed by atoms with van der Waals surface area (Å²) in [5.41, 5.74) is -0.380. The number of ether oxygens (including phenoxy) is 1. The number of halogens is 1. The molecule has 1 aromatic rings. The molecule has 4 aliphatic rings. The molecule has 3 fully saturated rings. The Labute approximate surface area is 295 Å². The lowest BCUT2D eigenvalue weighted by atomic mass is 9.85. The summed E-state index contributed by atoms with van der Waals surface area (Å²) in [7, 11) is -3.90. The smallest absolute Gasteiger partial charge is 0.408 e. The molecule has 13 nitrogen and oxygen atoms in total. The Hall–Kier alpha value is -3.06. The highest BCUT2D eigenvalue weighted by Crippen LogP contribution is 2.72. The second-order valence-corrected chi connectivity index (χ2v) is 17.3. The molecular weight excluding hydrogens is 719 g/mol. The number of likely N-dealkylation sites (tertiary alicyclic amines) is 1. The first-order chi connectivity index (χ1) is 23.1. The number of carbonyl (C=O) groups is 5. The van der Waals surface area contributed by atoms with E-state index in [4.69, 9.17) is 13.8 Å². The number of hydrogen-bond donors (Lipinski definition) is 2. The van der Waals surface area contributed by atoms with Gasteiger partial charge >= 0.3 is 13.7 Å². The molecular formula is C34H46BrN4O9P. The largest absolute Gasteiger partial charge is 0.446 e. The van der Waals surface area contributed by atoms with E-state index in [1.165, 1.54) is 4.90 Å². The van der Waals surface area contributed by atoms with E-state index in [-0.39, 0.29) is 49.8 Å². The van der Waals surface area contributed by atoms with E-state index in [0.29, 0.717) is 4.47 Å². The molecule has 2 aliphatic carbocycles. The number of imide groups is 1. The summed E-state index contributed by atoms with van der Waals surface area (Å²) >= 11 is 3.35. The summed E-state index contributed by atoms with van der Waals surface area (Å²) in [4.78, 5) is 71.6. The molecule has 5 amide bonds. The van der Waals surface area contributed by atoms with Crippen molar-refractivity contribution in [3.05, 3.63) is 46.5 Å². The number of fused-ring (bicyclic) bond motifs is 1. The van der Waals surface area contributed by atoms with Gasteiger partial charge in [0.15, 0.2) is 0 Å². The molecule has 268 valence electrons. The fourth-order valence-electron chi connectivity index (χ4n) is 7.17. The van der Waals surface area contributed by atoms with Crippen LogP contribution in [0.4, 0.5) is 4.79 Å². The second-order valence-electron chi connectivity index (χ2n) is 14.1. The van der Waals surface area contributed by atoms with Crippen LogP contribution in [-0.4, -0.2) is 88.8 Å². The summed E-state index contributed by atoms with van der Waals surface area (Å²) in [6.07, 6.45) is 4.16. The van der Waals surface area contributed by atoms with Crippen LogP contribution in [0.3, 0.4) is 0 Å². The van der Waals surface area contributed by atoms with Crippen LogP contribution < -0.4 is 10.6 Å². The van der Waals surface area contributed by atoms with Crippen molar-refractivity contribution in [3.63, 3.8) is 0 Å². The van der Waals surface area contributed by atoms with Gasteiger partial charge in [-0.1, -0.05) is 42.8 Å². The zero-order valence-electron chi connectivity index (χ0n) is 28.7. The standard InChI is InChI=1S/C34H46BrN4O9P/c1-7-20-18-34(20,49(45,46-8-2)47-9-3)37-28(40)26-17-22(39-29(41)24-15-14-21(35)16-25(24)30(39)42)19-38(26)31(43)27(33(4,5)6)36-32(44)48-23-12-10-11-13-23/h7,14-16,20,22-23,26-27H,1,8-13,17-19H2,2-6H3,(H,36,44)(H,37,40)/t20?,22-,26+,27-,34?/m1/s1. The Morgan fingerprint density at radius 3 is 2.31 bits per heavy atom. The van der Waals surface area contributed by atoms with Gasteiger partial charge in [-0.05, 0) is 76.0 Å². The average Bonchev–Trinajstić information content (AvgIpc) is 3.31. The Balaban J connectivity index is 1.47. The van der Waals surface area contributed by atoms with Gasteiger partial charge in [-0.2, -0.15) is 0 Å². The minimum absolute atomic E-state index is 0.0701. The highest BCUT2D eigenvalue weighted by molar-refractivity contribution is 9.10. The Bertz CT molecular complexity index is 1560. The SMILES string of the molecule is C=CC1CC1(NC(=O)[C@@H]1C[C@@H](N2C(=O)c3ccc(Br)cc3C2=O)CN1C(=O)[C@@H](NC(=O)OC1CCCC1)C(C)(C)C)P(=O)(OCC)OCC. The predicted octanol–water partition coefficient (Wildman–Crippen LogP) is 5.38. The molecule has 15 heteroatoms. The third-order valence-electron chi connectivity index (χ3n) is 9.76. The first-order valence-electron chi connectivity index (χ1n) is 16.9. The lowest BCUT2D eigenvalue weighted by molar-refractivity contribution is -0.142. The Morgan fingerprint density at radius 1 is 1.10 bits per heavy atom. The van der Waals surface area contributed by atoms with Crippen molar-refractivity contribution >= 4 is 53.2 Å². The van der Waals surface area contributed by atoms with Gasteiger partial charge in [-0.3, -0.25) is 28.6 Å². The van der Waals surface area contributed by atoms with Gasteiger partial charge in [-0.15, -0.1) is 6.58 Å². The van der Waals surface area contributed by atoms with Gasteiger partial charge in [0, 0.05) is 16.9 Å². The number of carbonyl (C=O) groups excluding carboxylic acids is 5. The fourth-order valence-corrected chi connectivity index (χ4v) is 9.92. The second kappa shape index (κ2) is 14.3. The van der Waals surface area contributed by atoms with Crippen molar-refractivity contribution in [2.45, 2.75) is 103 Å². The lowest BCUT2D eigenvalue weighted by Gasteiger charge is -2.36. The summed E-state index contributed by atoms with van der Waals surface area (Å²) in [5, 5.41) is 4.25. The highest BCUT2D eigenvalue weighted by atomic mass is 79.9. The molecule has 1 aromatic carbocycles. The van der Waals surface area contributed by atoms with Crippen molar-refractivity contribution in [1.82, 2.24) is 20.4 Å². The van der Waals surface area contributed by atoms with Gasteiger partial charge in [0.2, 0.25) is 11.8 Å². The predicted molar refractivity (Wildman–Crippen MR) is 184 cm³/mol. The number of nitrogens with zero attached hydrogens (tertiary/aromatic N) is 2. The quantitative estimate of drug-likeness (QED) is 0.162. The van der Waals surface area contributed by atoms with E-state index in [1.54, 1.807) is 58.9 Å². The van der Waals surface area contributed by atoms with E-state index in [0.717, 1.165) is 30.6 Å². The van der Waals surface area contributed by atoms with Crippen molar-refractivity contribution in [2.75, 3.05) is 19.8 Å². The maximum atomic E-state index is 14.5. The number of benzene rings is 1.